The fraction of sp³-hybridized carbons (Fsp3) is 0.842. The van der Waals surface area contributed by atoms with Gasteiger partial charge in [0.2, 0.25) is 5.91 Å². The van der Waals surface area contributed by atoms with Crippen molar-refractivity contribution in [1.82, 2.24) is 15.1 Å². The van der Waals surface area contributed by atoms with Crippen LogP contribution >= 0.6 is 0 Å². The number of hydrogen-bond donors (Lipinski definition) is 1. The molecule has 0 radical (unpaired) electrons. The third-order valence-electron chi connectivity index (χ3n) is 5.88. The highest BCUT2D eigenvalue weighted by Gasteiger charge is 2.53. The van der Waals surface area contributed by atoms with E-state index in [1.165, 1.54) is 7.11 Å². The first-order valence-corrected chi connectivity index (χ1v) is 9.69. The van der Waals surface area contributed by atoms with Crippen molar-refractivity contribution in [2.24, 2.45) is 11.3 Å². The number of hydrogen-bond acceptors (Lipinski definition) is 4. The minimum Gasteiger partial charge on any atom is -0.383 e. The van der Waals surface area contributed by atoms with E-state index in [2.05, 4.69) is 26.1 Å². The number of rotatable bonds is 7. The maximum atomic E-state index is 12.9. The van der Waals surface area contributed by atoms with Gasteiger partial charge in [-0.25, -0.2) is 13.6 Å². The Morgan fingerprint density at radius 1 is 1.32 bits per heavy atom. The minimum atomic E-state index is -2.71. The van der Waals surface area contributed by atoms with Crippen LogP contribution in [0.2, 0.25) is 0 Å². The first kappa shape index (κ1) is 22.5. The van der Waals surface area contributed by atoms with Gasteiger partial charge in [0.25, 0.3) is 12.3 Å². The Balaban J connectivity index is 2.04. The van der Waals surface area contributed by atoms with E-state index in [0.29, 0.717) is 18.8 Å². The highest BCUT2D eigenvalue weighted by atomic mass is 19.3. The van der Waals surface area contributed by atoms with Gasteiger partial charge in [-0.2, -0.15) is 0 Å². The highest BCUT2D eigenvalue weighted by molar-refractivity contribution is 6.09. The van der Waals surface area contributed by atoms with Gasteiger partial charge >= 0.3 is 6.03 Å². The molecule has 2 fully saturated rings. The smallest absolute Gasteiger partial charge is 0.325 e. The Morgan fingerprint density at radius 3 is 2.43 bits per heavy atom. The summed E-state index contributed by atoms with van der Waals surface area (Å²) in [7, 11) is 1.40. The Bertz CT molecular complexity index is 598. The standard InChI is InChI=1S/C19H31F2N3O4/c1-18(2,3)13-5-7-19(8-6-13)16(26)24(17(27)22-19)12-15(25)23(9-10-28-4)11-14(20)21/h13-14H,5-12H2,1-4H3,(H,22,27). The molecule has 1 spiro atoms. The van der Waals surface area contributed by atoms with Crippen LogP contribution in [0.25, 0.3) is 0 Å². The van der Waals surface area contributed by atoms with E-state index in [-0.39, 0.29) is 18.6 Å². The molecule has 1 saturated heterocycles. The molecule has 7 nitrogen and oxygen atoms in total. The monoisotopic (exact) mass is 403 g/mol. The van der Waals surface area contributed by atoms with Crippen molar-refractivity contribution < 1.29 is 27.9 Å². The number of alkyl halides is 2. The first-order chi connectivity index (χ1) is 13.0. The number of imide groups is 1. The summed E-state index contributed by atoms with van der Waals surface area (Å²) in [6, 6.07) is -0.628. The van der Waals surface area contributed by atoms with Gasteiger partial charge < -0.3 is 15.0 Å². The Kier molecular flexibility index (Phi) is 7.01. The Labute approximate surface area is 164 Å². The molecule has 1 N–H and O–H groups in total. The number of amides is 4. The molecular weight excluding hydrogens is 372 g/mol. The van der Waals surface area contributed by atoms with Crippen LogP contribution in [-0.4, -0.2) is 73.0 Å². The largest absolute Gasteiger partial charge is 0.383 e. The predicted octanol–water partition coefficient (Wildman–Crippen LogP) is 2.25. The van der Waals surface area contributed by atoms with Crippen LogP contribution in [0.4, 0.5) is 13.6 Å². The van der Waals surface area contributed by atoms with Crippen LogP contribution in [0.1, 0.15) is 46.5 Å². The lowest BCUT2D eigenvalue weighted by Gasteiger charge is -2.40. The molecule has 0 unspecified atom stereocenters. The Hall–Kier alpha value is -1.77. The van der Waals surface area contributed by atoms with Crippen LogP contribution in [0.3, 0.4) is 0 Å². The predicted molar refractivity (Wildman–Crippen MR) is 98.8 cm³/mol. The Morgan fingerprint density at radius 2 is 1.93 bits per heavy atom. The van der Waals surface area contributed by atoms with Gasteiger partial charge in [-0.3, -0.25) is 14.5 Å². The van der Waals surface area contributed by atoms with Crippen LogP contribution in [0.15, 0.2) is 0 Å². The van der Waals surface area contributed by atoms with Gasteiger partial charge in [0.1, 0.15) is 12.1 Å². The second-order valence-corrected chi connectivity index (χ2v) is 8.77. The molecule has 2 rings (SSSR count). The molecule has 160 valence electrons. The number of nitrogens with one attached hydrogen (secondary N) is 1. The molecule has 0 atom stereocenters. The minimum absolute atomic E-state index is 0.0261. The third-order valence-corrected chi connectivity index (χ3v) is 5.88. The number of carbonyl (C=O) groups is 3. The summed E-state index contributed by atoms with van der Waals surface area (Å²) in [6.07, 6.45) is -0.0444. The molecule has 1 heterocycles. The second kappa shape index (κ2) is 8.71. The highest BCUT2D eigenvalue weighted by Crippen LogP contribution is 2.43. The van der Waals surface area contributed by atoms with Crippen LogP contribution in [0.5, 0.6) is 0 Å². The van der Waals surface area contributed by atoms with Crippen molar-refractivity contribution >= 4 is 17.8 Å². The lowest BCUT2D eigenvalue weighted by molar-refractivity contribution is -0.141. The van der Waals surface area contributed by atoms with Crippen LogP contribution in [0, 0.1) is 11.3 Å². The maximum absolute atomic E-state index is 12.9. The third kappa shape index (κ3) is 4.98. The zero-order chi connectivity index (χ0) is 21.1. The van der Waals surface area contributed by atoms with Crippen molar-refractivity contribution in [3.05, 3.63) is 0 Å². The van der Waals surface area contributed by atoms with E-state index in [1.807, 2.05) is 0 Å². The van der Waals surface area contributed by atoms with Crippen molar-refractivity contribution in [3.63, 3.8) is 0 Å². The summed E-state index contributed by atoms with van der Waals surface area (Å²) in [6.45, 7) is 5.25. The summed E-state index contributed by atoms with van der Waals surface area (Å²) in [5, 5.41) is 2.76. The van der Waals surface area contributed by atoms with E-state index < -0.39 is 42.9 Å². The molecule has 1 aliphatic carbocycles. The van der Waals surface area contributed by atoms with Crippen molar-refractivity contribution in [2.75, 3.05) is 33.4 Å². The second-order valence-electron chi connectivity index (χ2n) is 8.77. The van der Waals surface area contributed by atoms with E-state index in [1.54, 1.807) is 0 Å². The number of halogens is 2. The SMILES string of the molecule is COCCN(CC(F)F)C(=O)CN1C(=O)NC2(CCC(C(C)(C)C)CC2)C1=O. The zero-order valence-corrected chi connectivity index (χ0v) is 17.1. The molecule has 0 aromatic rings. The van der Waals surface area contributed by atoms with Crippen molar-refractivity contribution in [2.45, 2.75) is 58.4 Å². The van der Waals surface area contributed by atoms with Gasteiger partial charge in [0, 0.05) is 13.7 Å². The van der Waals surface area contributed by atoms with Gasteiger partial charge in [0.05, 0.1) is 13.2 Å². The molecule has 28 heavy (non-hydrogen) atoms. The number of urea groups is 1. The van der Waals surface area contributed by atoms with Crippen LogP contribution in [-0.2, 0) is 14.3 Å². The average molecular weight is 403 g/mol. The average Bonchev–Trinajstić information content (AvgIpc) is 2.82. The molecular formula is C19H31F2N3O4. The quantitative estimate of drug-likeness (QED) is 0.662. The zero-order valence-electron chi connectivity index (χ0n) is 17.1. The summed E-state index contributed by atoms with van der Waals surface area (Å²) in [5.74, 6) is -0.669. The van der Waals surface area contributed by atoms with Gasteiger partial charge in [-0.1, -0.05) is 20.8 Å². The van der Waals surface area contributed by atoms with Crippen LogP contribution < -0.4 is 5.32 Å². The lowest BCUT2D eigenvalue weighted by atomic mass is 9.67. The van der Waals surface area contributed by atoms with E-state index in [0.717, 1.165) is 22.6 Å². The van der Waals surface area contributed by atoms with E-state index in [9.17, 15) is 23.2 Å². The number of methoxy groups -OCH3 is 1. The molecule has 4 amide bonds. The number of ether oxygens (including phenoxy) is 1. The normalized spacial score (nSPS) is 25.5. The molecule has 0 bridgehead atoms. The summed E-state index contributed by atoms with van der Waals surface area (Å²) in [4.78, 5) is 39.6. The molecule has 1 aliphatic heterocycles. The van der Waals surface area contributed by atoms with Gasteiger partial charge in [-0.05, 0) is 37.0 Å². The fourth-order valence-corrected chi connectivity index (χ4v) is 4.06. The van der Waals surface area contributed by atoms with E-state index >= 15 is 0 Å². The van der Waals surface area contributed by atoms with Crippen molar-refractivity contribution in [1.29, 1.82) is 0 Å². The van der Waals surface area contributed by atoms with E-state index in [4.69, 9.17) is 4.74 Å². The summed E-state index contributed by atoms with van der Waals surface area (Å²) in [5.41, 5.74) is -0.848. The topological polar surface area (TPSA) is 79.0 Å². The molecule has 0 aromatic carbocycles. The van der Waals surface area contributed by atoms with Gasteiger partial charge in [0.15, 0.2) is 0 Å². The number of carbonyl (C=O) groups excluding carboxylic acids is 3. The summed E-state index contributed by atoms with van der Waals surface area (Å²) < 4.78 is 30.4. The summed E-state index contributed by atoms with van der Waals surface area (Å²) >= 11 is 0. The maximum Gasteiger partial charge on any atom is 0.325 e. The molecule has 0 aromatic heterocycles. The molecule has 9 heteroatoms. The molecule has 2 aliphatic rings. The first-order valence-electron chi connectivity index (χ1n) is 9.69. The number of nitrogens with zero attached hydrogens (tertiary/aromatic N) is 2. The van der Waals surface area contributed by atoms with Crippen molar-refractivity contribution in [3.8, 4) is 0 Å². The fourth-order valence-electron chi connectivity index (χ4n) is 4.06. The molecule has 1 saturated carbocycles. The van der Waals surface area contributed by atoms with Gasteiger partial charge in [-0.15, -0.1) is 0 Å². The lowest BCUT2D eigenvalue weighted by Crippen LogP contribution is -2.51.